The summed E-state index contributed by atoms with van der Waals surface area (Å²) in [5, 5.41) is 57.5. The average molecular weight is 449 g/mol. The molecule has 0 aromatic rings. The largest absolute Gasteiger partial charge is 0.394 e. The molecule has 0 amide bonds. The maximum absolute atomic E-state index is 9.98. The Morgan fingerprint density at radius 1 is 0.452 bits per heavy atom. The van der Waals surface area contributed by atoms with Gasteiger partial charge in [-0.2, -0.15) is 0 Å². The summed E-state index contributed by atoms with van der Waals surface area (Å²) >= 11 is 0. The molecule has 0 fully saturated rings. The van der Waals surface area contributed by atoms with Gasteiger partial charge in [-0.25, -0.2) is 0 Å². The standard InChI is InChI=1S/C25H52O6/c1-2-3-4-5-6-7-8-9-10-11-12-13-14-21(15-23(29)18-26)22(16-24(30)19-27)17-25(31)20-28/h21-31H,2-20H2,1H3. The lowest BCUT2D eigenvalue weighted by atomic mass is 9.77. The molecule has 188 valence electrons. The fourth-order valence-corrected chi connectivity index (χ4v) is 4.55. The molecule has 0 aromatic carbocycles. The molecule has 0 aliphatic carbocycles. The smallest absolute Gasteiger partial charge is 0.0773 e. The van der Waals surface area contributed by atoms with Crippen LogP contribution in [0.25, 0.3) is 0 Å². The average Bonchev–Trinajstić information content (AvgIpc) is 2.77. The number of rotatable bonds is 23. The molecule has 6 N–H and O–H groups in total. The molecule has 0 spiro atoms. The van der Waals surface area contributed by atoms with Gasteiger partial charge in [-0.3, -0.25) is 0 Å². The van der Waals surface area contributed by atoms with E-state index in [2.05, 4.69) is 6.92 Å². The van der Waals surface area contributed by atoms with E-state index in [-0.39, 0.29) is 31.7 Å². The summed E-state index contributed by atoms with van der Waals surface area (Å²) in [5.74, 6) is -0.106. The third-order valence-corrected chi connectivity index (χ3v) is 6.45. The fraction of sp³-hybridized carbons (Fsp3) is 1.00. The van der Waals surface area contributed by atoms with Crippen LogP contribution in [0.3, 0.4) is 0 Å². The van der Waals surface area contributed by atoms with Gasteiger partial charge in [-0.05, 0) is 31.1 Å². The van der Waals surface area contributed by atoms with Gasteiger partial charge < -0.3 is 30.6 Å². The number of hydrogen-bond acceptors (Lipinski definition) is 6. The molecule has 0 rings (SSSR count). The Hall–Kier alpha value is -0.240. The van der Waals surface area contributed by atoms with Crippen molar-refractivity contribution in [2.45, 2.75) is 128 Å². The van der Waals surface area contributed by atoms with E-state index in [9.17, 15) is 30.6 Å². The highest BCUT2D eigenvalue weighted by Crippen LogP contribution is 2.32. The summed E-state index contributed by atoms with van der Waals surface area (Å²) in [6, 6.07) is 0. The van der Waals surface area contributed by atoms with E-state index in [1.54, 1.807) is 0 Å². The number of hydrogen-bond donors (Lipinski definition) is 6. The van der Waals surface area contributed by atoms with Crippen LogP contribution in [0.15, 0.2) is 0 Å². The van der Waals surface area contributed by atoms with Crippen molar-refractivity contribution in [3.8, 4) is 0 Å². The Morgan fingerprint density at radius 2 is 0.774 bits per heavy atom. The third kappa shape index (κ3) is 17.9. The molecule has 6 heteroatoms. The molecule has 0 aliphatic heterocycles. The van der Waals surface area contributed by atoms with E-state index in [0.717, 1.165) is 19.3 Å². The summed E-state index contributed by atoms with van der Waals surface area (Å²) < 4.78 is 0. The van der Waals surface area contributed by atoms with Crippen molar-refractivity contribution in [3.05, 3.63) is 0 Å². The van der Waals surface area contributed by atoms with Gasteiger partial charge in [0.1, 0.15) is 0 Å². The van der Waals surface area contributed by atoms with Gasteiger partial charge in [-0.15, -0.1) is 0 Å². The Balaban J connectivity index is 4.30. The van der Waals surface area contributed by atoms with Gasteiger partial charge in [-0.1, -0.05) is 90.4 Å². The van der Waals surface area contributed by atoms with Crippen molar-refractivity contribution >= 4 is 0 Å². The number of aliphatic hydroxyl groups is 6. The minimum absolute atomic E-state index is 0.0210. The van der Waals surface area contributed by atoms with Crippen LogP contribution in [0.4, 0.5) is 0 Å². The molecule has 0 radical (unpaired) electrons. The van der Waals surface area contributed by atoms with E-state index >= 15 is 0 Å². The van der Waals surface area contributed by atoms with Gasteiger partial charge in [0.15, 0.2) is 0 Å². The van der Waals surface area contributed by atoms with Gasteiger partial charge in [0, 0.05) is 0 Å². The highest BCUT2D eigenvalue weighted by Gasteiger charge is 2.27. The number of unbranched alkanes of at least 4 members (excludes halogenated alkanes) is 11. The zero-order valence-corrected chi connectivity index (χ0v) is 20.0. The zero-order valence-electron chi connectivity index (χ0n) is 20.0. The Kier molecular flexibility index (Phi) is 21.4. The Labute approximate surface area is 190 Å². The first kappa shape index (κ1) is 30.8. The molecule has 0 aromatic heterocycles. The van der Waals surface area contributed by atoms with Crippen LogP contribution in [-0.4, -0.2) is 68.8 Å². The first-order valence-electron chi connectivity index (χ1n) is 12.8. The van der Waals surface area contributed by atoms with E-state index in [0.29, 0.717) is 19.3 Å². The van der Waals surface area contributed by atoms with Gasteiger partial charge in [0.2, 0.25) is 0 Å². The van der Waals surface area contributed by atoms with E-state index in [1.807, 2.05) is 0 Å². The summed E-state index contributed by atoms with van der Waals surface area (Å²) in [5.41, 5.74) is 0. The molecular formula is C25H52O6. The van der Waals surface area contributed by atoms with Crippen molar-refractivity contribution in [1.29, 1.82) is 0 Å². The monoisotopic (exact) mass is 448 g/mol. The maximum atomic E-state index is 9.98. The lowest BCUT2D eigenvalue weighted by Crippen LogP contribution is -2.31. The van der Waals surface area contributed by atoms with E-state index in [1.165, 1.54) is 64.2 Å². The predicted octanol–water partition coefficient (Wildman–Crippen LogP) is 3.54. The summed E-state index contributed by atoms with van der Waals surface area (Å²) in [7, 11) is 0. The number of aliphatic hydroxyl groups excluding tert-OH is 6. The highest BCUT2D eigenvalue weighted by atomic mass is 16.3. The van der Waals surface area contributed by atoms with Crippen molar-refractivity contribution in [2.75, 3.05) is 19.8 Å². The lowest BCUT2D eigenvalue weighted by molar-refractivity contribution is 0.0109. The maximum Gasteiger partial charge on any atom is 0.0773 e. The van der Waals surface area contributed by atoms with Crippen molar-refractivity contribution < 1.29 is 30.6 Å². The lowest BCUT2D eigenvalue weighted by Gasteiger charge is -2.31. The van der Waals surface area contributed by atoms with Crippen LogP contribution < -0.4 is 0 Å². The second kappa shape index (κ2) is 21.6. The quantitative estimate of drug-likeness (QED) is 0.133. The van der Waals surface area contributed by atoms with Crippen LogP contribution >= 0.6 is 0 Å². The highest BCUT2D eigenvalue weighted by molar-refractivity contribution is 4.78. The Morgan fingerprint density at radius 3 is 1.13 bits per heavy atom. The van der Waals surface area contributed by atoms with Crippen LogP contribution in [0.2, 0.25) is 0 Å². The van der Waals surface area contributed by atoms with Crippen LogP contribution in [-0.2, 0) is 0 Å². The van der Waals surface area contributed by atoms with Crippen LogP contribution in [0, 0.1) is 11.8 Å². The predicted molar refractivity (Wildman–Crippen MR) is 126 cm³/mol. The molecule has 0 heterocycles. The van der Waals surface area contributed by atoms with E-state index in [4.69, 9.17) is 0 Å². The third-order valence-electron chi connectivity index (χ3n) is 6.45. The zero-order chi connectivity index (χ0) is 23.3. The van der Waals surface area contributed by atoms with Crippen LogP contribution in [0.5, 0.6) is 0 Å². The summed E-state index contributed by atoms with van der Waals surface area (Å²) in [4.78, 5) is 0. The van der Waals surface area contributed by atoms with E-state index < -0.39 is 18.3 Å². The van der Waals surface area contributed by atoms with Gasteiger partial charge in [0.05, 0.1) is 38.1 Å². The topological polar surface area (TPSA) is 121 Å². The molecule has 0 saturated heterocycles. The summed E-state index contributed by atoms with van der Waals surface area (Å²) in [6.07, 6.45) is 14.5. The molecule has 6 nitrogen and oxygen atoms in total. The normalized spacial score (nSPS) is 16.7. The van der Waals surface area contributed by atoms with Gasteiger partial charge >= 0.3 is 0 Å². The van der Waals surface area contributed by atoms with Crippen LogP contribution in [0.1, 0.15) is 110 Å². The van der Waals surface area contributed by atoms with Gasteiger partial charge in [0.25, 0.3) is 0 Å². The van der Waals surface area contributed by atoms with Crippen molar-refractivity contribution in [2.24, 2.45) is 11.8 Å². The minimum Gasteiger partial charge on any atom is -0.394 e. The molecule has 4 atom stereocenters. The molecule has 4 unspecified atom stereocenters. The second-order valence-corrected chi connectivity index (χ2v) is 9.41. The fourth-order valence-electron chi connectivity index (χ4n) is 4.55. The van der Waals surface area contributed by atoms with Crippen molar-refractivity contribution in [3.63, 3.8) is 0 Å². The minimum atomic E-state index is -0.883. The second-order valence-electron chi connectivity index (χ2n) is 9.41. The first-order chi connectivity index (χ1) is 15.0. The summed E-state index contributed by atoms with van der Waals surface area (Å²) in [6.45, 7) is 1.24. The SMILES string of the molecule is CCCCCCCCCCCCCCC(CC(O)CO)C(CC(O)CO)CC(O)CO. The molecule has 0 saturated carbocycles. The molecule has 31 heavy (non-hydrogen) atoms. The Bertz CT molecular complexity index is 356. The molecule has 0 aliphatic rings. The van der Waals surface area contributed by atoms with Crippen molar-refractivity contribution in [1.82, 2.24) is 0 Å². The first-order valence-corrected chi connectivity index (χ1v) is 12.8. The molecule has 0 bridgehead atoms. The molecular weight excluding hydrogens is 396 g/mol.